The summed E-state index contributed by atoms with van der Waals surface area (Å²) >= 11 is 0. The van der Waals surface area contributed by atoms with Crippen LogP contribution in [0.25, 0.3) is 11.2 Å². The van der Waals surface area contributed by atoms with Gasteiger partial charge in [-0.05, 0) is 4.57 Å². The lowest BCUT2D eigenvalue weighted by atomic mass is 10.1. The van der Waals surface area contributed by atoms with Crippen molar-refractivity contribution >= 4 is 31.3 Å². The van der Waals surface area contributed by atoms with E-state index in [1.165, 1.54) is 0 Å². The second-order valence-corrected chi connectivity index (χ2v) is 8.10. The Morgan fingerprint density at radius 2 is 2.15 bits per heavy atom. The van der Waals surface area contributed by atoms with Crippen LogP contribution in [0.1, 0.15) is 20.1 Å². The van der Waals surface area contributed by atoms with E-state index in [1.807, 2.05) is 30.6 Å². The molecule has 34 heavy (non-hydrogen) atoms. The molecule has 0 radical (unpaired) electrons. The van der Waals surface area contributed by atoms with Crippen molar-refractivity contribution in [3.05, 3.63) is 47.3 Å². The van der Waals surface area contributed by atoms with E-state index in [-0.39, 0.29) is 23.0 Å². The third kappa shape index (κ3) is 5.85. The zero-order chi connectivity index (χ0) is 24.8. The fraction of sp³-hybridized carbons (Fsp3) is 0.421. The van der Waals surface area contributed by atoms with E-state index >= 15 is 0 Å². The van der Waals surface area contributed by atoms with Gasteiger partial charge >= 0.3 is 8.25 Å². The van der Waals surface area contributed by atoms with Gasteiger partial charge < -0.3 is 14.7 Å². The fourth-order valence-corrected chi connectivity index (χ4v) is 3.47. The van der Waals surface area contributed by atoms with Crippen LogP contribution in [0.15, 0.2) is 41.7 Å². The number of hydrogen-bond acceptors (Lipinski definition) is 9. The predicted octanol–water partition coefficient (Wildman–Crippen LogP) is -0.154. The molecule has 182 valence electrons. The number of aliphatic hydroxyl groups is 1. The van der Waals surface area contributed by atoms with Crippen LogP contribution < -0.4 is 20.8 Å². The van der Waals surface area contributed by atoms with Gasteiger partial charge in [-0.1, -0.05) is 19.9 Å². The highest BCUT2D eigenvalue weighted by molar-refractivity contribution is 7.30. The number of halogens is 1. The Morgan fingerprint density at radius 3 is 2.68 bits per heavy atom. The summed E-state index contributed by atoms with van der Waals surface area (Å²) in [6.45, 7) is 2.57. The Hall–Kier alpha value is -3.16. The van der Waals surface area contributed by atoms with E-state index in [4.69, 9.17) is 4.74 Å². The van der Waals surface area contributed by atoms with E-state index in [0.29, 0.717) is 0 Å². The molecule has 13 nitrogen and oxygen atoms in total. The van der Waals surface area contributed by atoms with Gasteiger partial charge in [0.15, 0.2) is 42.1 Å². The van der Waals surface area contributed by atoms with E-state index < -0.39 is 50.9 Å². The molecule has 1 fully saturated rings. The number of fused-ring (bicyclic) bond motifs is 1. The number of hydrogen-bond donors (Lipinski definition) is 3. The van der Waals surface area contributed by atoms with Crippen LogP contribution in [0.3, 0.4) is 0 Å². The lowest BCUT2D eigenvalue weighted by Gasteiger charge is -2.17. The molecule has 0 aliphatic carbocycles. The van der Waals surface area contributed by atoms with Crippen LogP contribution in [0.5, 0.6) is 0 Å². The summed E-state index contributed by atoms with van der Waals surface area (Å²) in [5, 5.41) is 11.7. The standard InChI is InChI=1S/C14H17FN5O7P.C5H5N/c1-5(2)11(22)18-14-17-10-8(12(23)19-14)16-4-20(10)13-9(27-28(24)25)7(15)6(3-21)26-13;1-2-4-6-5-3-1/h4-7,9,13,21H,3H2,1-2H3,(H2,17,18,19,22,23);1-5H/p+1/t6-,7+,9-,13-;/m1./s1. The zero-order valence-corrected chi connectivity index (χ0v) is 19.0. The number of aliphatic hydroxyl groups excluding tert-OH is 1. The van der Waals surface area contributed by atoms with Crippen molar-refractivity contribution in [2.24, 2.45) is 5.92 Å². The first-order chi connectivity index (χ1) is 16.2. The van der Waals surface area contributed by atoms with Crippen molar-refractivity contribution in [1.29, 1.82) is 0 Å². The van der Waals surface area contributed by atoms with E-state index in [9.17, 15) is 28.5 Å². The van der Waals surface area contributed by atoms with Crippen LogP contribution in [-0.4, -0.2) is 55.5 Å². The molecule has 4 heterocycles. The third-order valence-electron chi connectivity index (χ3n) is 4.73. The zero-order valence-electron chi connectivity index (χ0n) is 18.1. The van der Waals surface area contributed by atoms with Gasteiger partial charge in [0.05, 0.1) is 12.9 Å². The highest BCUT2D eigenvalue weighted by atomic mass is 31.1. The van der Waals surface area contributed by atoms with Gasteiger partial charge in [-0.3, -0.25) is 24.5 Å². The Kier molecular flexibility index (Phi) is 8.47. The van der Waals surface area contributed by atoms with Crippen LogP contribution in [0.2, 0.25) is 0 Å². The molecular formula is C19H23FN6O7P+. The summed E-state index contributed by atoms with van der Waals surface area (Å²) < 4.78 is 36.4. The van der Waals surface area contributed by atoms with Crippen LogP contribution >= 0.6 is 8.25 Å². The fourth-order valence-electron chi connectivity index (χ4n) is 3.05. The van der Waals surface area contributed by atoms with Crippen molar-refractivity contribution in [2.75, 3.05) is 11.9 Å². The van der Waals surface area contributed by atoms with Crippen molar-refractivity contribution in [1.82, 2.24) is 19.5 Å². The van der Waals surface area contributed by atoms with Crippen LogP contribution in [0.4, 0.5) is 10.3 Å². The smallest absolute Gasteiger partial charge is 0.489 e. The summed E-state index contributed by atoms with van der Waals surface area (Å²) in [6, 6.07) is 5.86. The average Bonchev–Trinajstić information content (AvgIpc) is 3.36. The molecule has 15 heteroatoms. The van der Waals surface area contributed by atoms with Gasteiger partial charge in [-0.25, -0.2) is 14.4 Å². The number of alkyl halides is 1. The Morgan fingerprint density at radius 1 is 1.44 bits per heavy atom. The number of ether oxygens (including phenoxy) is 1. The lowest BCUT2D eigenvalue weighted by Crippen LogP contribution is -2.31. The molecule has 1 saturated heterocycles. The molecule has 3 aromatic rings. The summed E-state index contributed by atoms with van der Waals surface area (Å²) in [5.41, 5.74) is -0.906. The topological polar surface area (TPSA) is 186 Å². The largest absolute Gasteiger partial charge is 0.566 e. The highest BCUT2D eigenvalue weighted by Gasteiger charge is 2.50. The molecule has 0 bridgehead atoms. The molecular weight excluding hydrogens is 474 g/mol. The molecule has 0 saturated carbocycles. The first-order valence-corrected chi connectivity index (χ1v) is 11.2. The number of pyridine rings is 1. The third-order valence-corrected chi connectivity index (χ3v) is 5.15. The van der Waals surface area contributed by atoms with Gasteiger partial charge in [-0.15, -0.1) is 4.52 Å². The maximum atomic E-state index is 14.4. The Labute approximate surface area is 192 Å². The number of imidazole rings is 1. The highest BCUT2D eigenvalue weighted by Crippen LogP contribution is 2.38. The summed E-state index contributed by atoms with van der Waals surface area (Å²) in [7, 11) is -3.42. The molecule has 1 aliphatic rings. The number of amides is 1. The van der Waals surface area contributed by atoms with Crippen LogP contribution in [0, 0.1) is 5.92 Å². The first-order valence-electron chi connectivity index (χ1n) is 10.1. The summed E-state index contributed by atoms with van der Waals surface area (Å²) in [5.74, 6) is -0.953. The quantitative estimate of drug-likeness (QED) is 0.389. The van der Waals surface area contributed by atoms with E-state index in [2.05, 4.69) is 29.8 Å². The molecule has 4 N–H and O–H groups in total. The monoisotopic (exact) mass is 497 g/mol. The van der Waals surface area contributed by atoms with Crippen molar-refractivity contribution in [3.63, 3.8) is 0 Å². The van der Waals surface area contributed by atoms with Crippen molar-refractivity contribution in [3.8, 4) is 0 Å². The normalized spacial score (nSPS) is 22.4. The number of carbonyl (C=O) groups excluding carboxylic acids is 1. The molecule has 1 unspecified atom stereocenters. The minimum Gasteiger partial charge on any atom is -0.566 e. The van der Waals surface area contributed by atoms with Gasteiger partial charge in [-0.2, -0.15) is 4.98 Å². The molecule has 1 amide bonds. The number of carbonyl (C=O) groups is 1. The van der Waals surface area contributed by atoms with E-state index in [0.717, 1.165) is 10.9 Å². The Balaban J connectivity index is 0.000000469. The SMILES string of the molecule is CC(C)C(=O)Nc1nc2c(ncn2[C@@H]2O[C@H](CO)[C@H](F)[C@H]2O[P+](=O)[O-])c(=O)[nH]1.c1cc[nH+]cc1. The van der Waals surface area contributed by atoms with Gasteiger partial charge in [0, 0.05) is 18.1 Å². The number of anilines is 1. The molecule has 1 aliphatic heterocycles. The number of rotatable bonds is 6. The maximum absolute atomic E-state index is 14.4. The summed E-state index contributed by atoms with van der Waals surface area (Å²) in [4.78, 5) is 48.2. The van der Waals surface area contributed by atoms with Crippen molar-refractivity contribution < 1.29 is 38.0 Å². The van der Waals surface area contributed by atoms with Crippen molar-refractivity contribution in [2.45, 2.75) is 38.5 Å². The number of aromatic amines is 2. The number of aromatic nitrogens is 5. The maximum Gasteiger partial charge on any atom is 0.489 e. The summed E-state index contributed by atoms with van der Waals surface area (Å²) in [6.07, 6.45) is -1.43. The lowest BCUT2D eigenvalue weighted by molar-refractivity contribution is -0.377. The first kappa shape index (κ1) is 25.5. The average molecular weight is 497 g/mol. The van der Waals surface area contributed by atoms with Crippen LogP contribution in [-0.2, 0) is 18.6 Å². The minimum atomic E-state index is -3.42. The number of nitrogens with one attached hydrogen (secondary N) is 3. The molecule has 4 rings (SSSR count). The molecule has 3 aromatic heterocycles. The van der Waals surface area contributed by atoms with Gasteiger partial charge in [0.1, 0.15) is 6.10 Å². The minimum absolute atomic E-state index is 0.0895. The number of H-pyrrole nitrogens is 2. The second-order valence-electron chi connectivity index (χ2n) is 7.45. The molecule has 5 atom stereocenters. The van der Waals surface area contributed by atoms with Gasteiger partial charge in [0.25, 0.3) is 5.56 Å². The molecule has 0 aromatic carbocycles. The molecule has 0 spiro atoms. The van der Waals surface area contributed by atoms with Gasteiger partial charge in [0.2, 0.25) is 11.9 Å². The Bertz CT molecular complexity index is 1160. The van der Waals surface area contributed by atoms with E-state index in [1.54, 1.807) is 13.8 Å². The predicted molar refractivity (Wildman–Crippen MR) is 113 cm³/mol. The number of nitrogens with zero attached hydrogens (tertiary/aromatic N) is 3. The second kappa shape index (κ2) is 11.3.